The minimum atomic E-state index is -0.352. The number of amides is 2. The summed E-state index contributed by atoms with van der Waals surface area (Å²) in [4.78, 5) is 28.2. The zero-order valence-electron chi connectivity index (χ0n) is 16.5. The Morgan fingerprint density at radius 2 is 1.90 bits per heavy atom. The lowest BCUT2D eigenvalue weighted by molar-refractivity contribution is -0.124. The van der Waals surface area contributed by atoms with Crippen LogP contribution in [0, 0.1) is 19.7 Å². The van der Waals surface area contributed by atoms with E-state index in [1.165, 1.54) is 6.07 Å². The van der Waals surface area contributed by atoms with Gasteiger partial charge in [-0.05, 0) is 49.2 Å². The summed E-state index contributed by atoms with van der Waals surface area (Å²) in [5, 5.41) is 9.09. The van der Waals surface area contributed by atoms with Crippen LogP contribution in [-0.4, -0.2) is 28.5 Å². The standard InChI is InChI=1S/C21H20BrFN4O3/c1-12-3-4-14(10-17(12)23)21-26-20(30-27-21)8-7-18(28)24-11-19(29)25-15-5-6-16(22)13(2)9-15/h3-6,9-10H,7-8,11H2,1-2H3,(H,24,28)(H,25,29). The summed E-state index contributed by atoms with van der Waals surface area (Å²) in [6.07, 6.45) is 0.287. The average molecular weight is 475 g/mol. The minimum Gasteiger partial charge on any atom is -0.347 e. The molecule has 0 aliphatic carbocycles. The highest BCUT2D eigenvalue weighted by Gasteiger charge is 2.13. The van der Waals surface area contributed by atoms with E-state index in [1.807, 2.05) is 19.1 Å². The molecule has 0 radical (unpaired) electrons. The molecule has 0 bridgehead atoms. The second kappa shape index (κ2) is 9.62. The molecular formula is C21H20BrFN4O3. The number of carbonyl (C=O) groups excluding carboxylic acids is 2. The Morgan fingerprint density at radius 1 is 1.10 bits per heavy atom. The molecule has 1 heterocycles. The monoisotopic (exact) mass is 474 g/mol. The highest BCUT2D eigenvalue weighted by Crippen LogP contribution is 2.20. The predicted molar refractivity (Wildman–Crippen MR) is 113 cm³/mol. The van der Waals surface area contributed by atoms with E-state index in [4.69, 9.17) is 4.52 Å². The summed E-state index contributed by atoms with van der Waals surface area (Å²) in [6, 6.07) is 10.1. The van der Waals surface area contributed by atoms with E-state index in [1.54, 1.807) is 25.1 Å². The maximum Gasteiger partial charge on any atom is 0.243 e. The van der Waals surface area contributed by atoms with Crippen LogP contribution < -0.4 is 10.6 Å². The lowest BCUT2D eigenvalue weighted by atomic mass is 10.1. The fraction of sp³-hybridized carbons (Fsp3) is 0.238. The third-order valence-electron chi connectivity index (χ3n) is 4.35. The van der Waals surface area contributed by atoms with Gasteiger partial charge in [0, 0.05) is 28.6 Å². The van der Waals surface area contributed by atoms with Gasteiger partial charge in [-0.2, -0.15) is 4.98 Å². The second-order valence-electron chi connectivity index (χ2n) is 6.76. The zero-order valence-corrected chi connectivity index (χ0v) is 18.0. The average Bonchev–Trinajstić information content (AvgIpc) is 3.19. The lowest BCUT2D eigenvalue weighted by Gasteiger charge is -2.08. The first-order valence-electron chi connectivity index (χ1n) is 9.23. The quantitative estimate of drug-likeness (QED) is 0.540. The number of hydrogen-bond donors (Lipinski definition) is 2. The van der Waals surface area contributed by atoms with Crippen molar-refractivity contribution in [3.05, 3.63) is 63.7 Å². The molecule has 0 fully saturated rings. The van der Waals surface area contributed by atoms with Gasteiger partial charge in [-0.15, -0.1) is 0 Å². The molecule has 0 spiro atoms. The Hall–Kier alpha value is -3.07. The molecule has 30 heavy (non-hydrogen) atoms. The Balaban J connectivity index is 1.45. The Bertz CT molecular complexity index is 1080. The maximum absolute atomic E-state index is 13.7. The SMILES string of the molecule is Cc1ccc(-c2noc(CCC(=O)NCC(=O)Nc3ccc(Br)c(C)c3)n2)cc1F. The van der Waals surface area contributed by atoms with Gasteiger partial charge >= 0.3 is 0 Å². The van der Waals surface area contributed by atoms with Crippen LogP contribution >= 0.6 is 15.9 Å². The first-order chi connectivity index (χ1) is 14.3. The van der Waals surface area contributed by atoms with Crippen molar-refractivity contribution in [2.75, 3.05) is 11.9 Å². The van der Waals surface area contributed by atoms with Gasteiger partial charge in [0.15, 0.2) is 0 Å². The molecule has 2 aromatic carbocycles. The van der Waals surface area contributed by atoms with Gasteiger partial charge in [-0.1, -0.05) is 33.2 Å². The second-order valence-corrected chi connectivity index (χ2v) is 7.62. The predicted octanol–water partition coefficient (Wildman–Crippen LogP) is 3.94. The Kier molecular flexibility index (Phi) is 6.94. The van der Waals surface area contributed by atoms with Crippen LogP contribution in [0.1, 0.15) is 23.4 Å². The van der Waals surface area contributed by atoms with Crippen molar-refractivity contribution >= 4 is 33.4 Å². The summed E-state index contributed by atoms with van der Waals surface area (Å²) in [5.74, 6) is -0.482. The summed E-state index contributed by atoms with van der Waals surface area (Å²) in [5.41, 5.74) is 2.67. The van der Waals surface area contributed by atoms with E-state index in [-0.39, 0.29) is 48.7 Å². The molecule has 3 aromatic rings. The van der Waals surface area contributed by atoms with Crippen LogP contribution in [0.2, 0.25) is 0 Å². The molecule has 3 rings (SSSR count). The van der Waals surface area contributed by atoms with Gasteiger partial charge in [-0.3, -0.25) is 9.59 Å². The van der Waals surface area contributed by atoms with Gasteiger partial charge in [0.2, 0.25) is 23.5 Å². The molecule has 0 aliphatic heterocycles. The highest BCUT2D eigenvalue weighted by atomic mass is 79.9. The van der Waals surface area contributed by atoms with Gasteiger partial charge < -0.3 is 15.2 Å². The van der Waals surface area contributed by atoms with Crippen molar-refractivity contribution in [3.63, 3.8) is 0 Å². The highest BCUT2D eigenvalue weighted by molar-refractivity contribution is 9.10. The molecule has 156 valence electrons. The first-order valence-corrected chi connectivity index (χ1v) is 10.0. The van der Waals surface area contributed by atoms with E-state index in [0.29, 0.717) is 16.8 Å². The molecule has 2 amide bonds. The third kappa shape index (κ3) is 5.73. The van der Waals surface area contributed by atoms with E-state index in [9.17, 15) is 14.0 Å². The topological polar surface area (TPSA) is 97.1 Å². The fourth-order valence-corrected chi connectivity index (χ4v) is 2.87. The Labute approximate surface area is 181 Å². The van der Waals surface area contributed by atoms with E-state index >= 15 is 0 Å². The number of carbonyl (C=O) groups is 2. The maximum atomic E-state index is 13.7. The molecule has 0 saturated carbocycles. The number of nitrogens with one attached hydrogen (secondary N) is 2. The van der Waals surface area contributed by atoms with E-state index in [0.717, 1.165) is 10.0 Å². The van der Waals surface area contributed by atoms with Crippen LogP contribution in [0.5, 0.6) is 0 Å². The van der Waals surface area contributed by atoms with E-state index in [2.05, 4.69) is 36.7 Å². The number of rotatable bonds is 7. The van der Waals surface area contributed by atoms with Crippen molar-refractivity contribution < 1.29 is 18.5 Å². The molecule has 0 atom stereocenters. The van der Waals surface area contributed by atoms with Crippen LogP contribution in [-0.2, 0) is 16.0 Å². The summed E-state index contributed by atoms with van der Waals surface area (Å²) < 4.78 is 19.7. The molecule has 0 saturated heterocycles. The number of aryl methyl sites for hydroxylation is 3. The number of hydrogen-bond acceptors (Lipinski definition) is 5. The van der Waals surface area contributed by atoms with Gasteiger partial charge in [0.1, 0.15) is 5.82 Å². The minimum absolute atomic E-state index is 0.0779. The van der Waals surface area contributed by atoms with Crippen LogP contribution in [0.4, 0.5) is 10.1 Å². The van der Waals surface area contributed by atoms with E-state index < -0.39 is 0 Å². The van der Waals surface area contributed by atoms with Crippen molar-refractivity contribution in [2.24, 2.45) is 0 Å². The normalized spacial score (nSPS) is 10.7. The molecule has 1 aromatic heterocycles. The molecule has 9 heteroatoms. The fourth-order valence-electron chi connectivity index (χ4n) is 2.62. The summed E-state index contributed by atoms with van der Waals surface area (Å²) in [6.45, 7) is 3.44. The first kappa shape index (κ1) is 21.6. The number of aromatic nitrogens is 2. The van der Waals surface area contributed by atoms with Gasteiger partial charge in [-0.25, -0.2) is 4.39 Å². The summed E-state index contributed by atoms with van der Waals surface area (Å²) >= 11 is 3.40. The third-order valence-corrected chi connectivity index (χ3v) is 5.24. The van der Waals surface area contributed by atoms with Crippen LogP contribution in [0.25, 0.3) is 11.4 Å². The number of anilines is 1. The van der Waals surface area contributed by atoms with Crippen molar-refractivity contribution in [1.29, 1.82) is 0 Å². The van der Waals surface area contributed by atoms with Gasteiger partial charge in [0.25, 0.3) is 0 Å². The van der Waals surface area contributed by atoms with Crippen molar-refractivity contribution in [2.45, 2.75) is 26.7 Å². The Morgan fingerprint density at radius 3 is 2.63 bits per heavy atom. The lowest BCUT2D eigenvalue weighted by Crippen LogP contribution is -2.33. The molecule has 0 unspecified atom stereocenters. The number of nitrogens with zero attached hydrogens (tertiary/aromatic N) is 2. The largest absolute Gasteiger partial charge is 0.347 e. The smallest absolute Gasteiger partial charge is 0.243 e. The van der Waals surface area contributed by atoms with Gasteiger partial charge in [0.05, 0.1) is 6.54 Å². The summed E-state index contributed by atoms with van der Waals surface area (Å²) in [7, 11) is 0. The number of benzene rings is 2. The zero-order chi connectivity index (χ0) is 21.7. The van der Waals surface area contributed by atoms with Crippen LogP contribution in [0.15, 0.2) is 45.4 Å². The van der Waals surface area contributed by atoms with Crippen LogP contribution in [0.3, 0.4) is 0 Å². The molecule has 0 aliphatic rings. The number of halogens is 2. The molecule has 2 N–H and O–H groups in total. The van der Waals surface area contributed by atoms with Crippen molar-refractivity contribution in [3.8, 4) is 11.4 Å². The van der Waals surface area contributed by atoms with Crippen molar-refractivity contribution in [1.82, 2.24) is 15.5 Å². The molecular weight excluding hydrogens is 455 g/mol. The molecule has 7 nitrogen and oxygen atoms in total.